The SMILES string of the molecule is CCCCCCCCCCCC(=O)OS(=O)(=O)CC(N)=O.[H-].[K+]. The number of nitrogens with two attached hydrogens (primary N) is 1. The van der Waals surface area contributed by atoms with Gasteiger partial charge in [0.2, 0.25) is 5.91 Å². The van der Waals surface area contributed by atoms with E-state index in [1.807, 2.05) is 0 Å². The summed E-state index contributed by atoms with van der Waals surface area (Å²) in [5.41, 5.74) is 4.74. The maximum atomic E-state index is 11.3. The molecular weight excluding hydrogens is 333 g/mol. The van der Waals surface area contributed by atoms with Gasteiger partial charge in [-0.3, -0.25) is 9.59 Å². The second-order valence-corrected chi connectivity index (χ2v) is 6.77. The van der Waals surface area contributed by atoms with Crippen molar-refractivity contribution in [3.05, 3.63) is 0 Å². The van der Waals surface area contributed by atoms with Gasteiger partial charge in [0.1, 0.15) is 0 Å². The first kappa shape index (κ1) is 24.8. The summed E-state index contributed by atoms with van der Waals surface area (Å²) in [7, 11) is -4.16. The molecule has 0 radical (unpaired) electrons. The molecule has 1 amide bonds. The van der Waals surface area contributed by atoms with Gasteiger partial charge in [-0.15, -0.1) is 0 Å². The average molecular weight is 362 g/mol. The van der Waals surface area contributed by atoms with Gasteiger partial charge in [0.15, 0.2) is 5.75 Å². The molecule has 0 saturated heterocycles. The zero-order valence-corrected chi connectivity index (χ0v) is 17.7. The second-order valence-electron chi connectivity index (χ2n) is 5.20. The topological polar surface area (TPSA) is 104 Å². The van der Waals surface area contributed by atoms with E-state index in [9.17, 15) is 18.0 Å². The van der Waals surface area contributed by atoms with Crippen LogP contribution >= 0.6 is 0 Å². The van der Waals surface area contributed by atoms with Crippen molar-refractivity contribution in [1.82, 2.24) is 0 Å². The Balaban J connectivity index is -0.00000200. The van der Waals surface area contributed by atoms with E-state index in [-0.39, 0.29) is 59.2 Å². The molecule has 0 aliphatic rings. The van der Waals surface area contributed by atoms with Gasteiger partial charge in [0, 0.05) is 6.42 Å². The monoisotopic (exact) mass is 361 g/mol. The predicted octanol–water partition coefficient (Wildman–Crippen LogP) is -0.618. The van der Waals surface area contributed by atoms with E-state index in [0.717, 1.165) is 19.3 Å². The smallest absolute Gasteiger partial charge is 1.00 e. The van der Waals surface area contributed by atoms with Crippen molar-refractivity contribution in [3.63, 3.8) is 0 Å². The summed E-state index contributed by atoms with van der Waals surface area (Å²) in [4.78, 5) is 21.8. The van der Waals surface area contributed by atoms with Crippen LogP contribution in [-0.4, -0.2) is 26.0 Å². The third-order valence-corrected chi connectivity index (χ3v) is 4.10. The summed E-state index contributed by atoms with van der Waals surface area (Å²) in [6, 6.07) is 0. The summed E-state index contributed by atoms with van der Waals surface area (Å²) in [6.45, 7) is 2.18. The number of unbranched alkanes of at least 4 members (excludes halogenated alkanes) is 8. The molecule has 0 aromatic carbocycles. The molecule has 0 fully saturated rings. The van der Waals surface area contributed by atoms with Gasteiger partial charge in [0.25, 0.3) is 0 Å². The quantitative estimate of drug-likeness (QED) is 0.268. The van der Waals surface area contributed by atoms with Crippen molar-refractivity contribution in [2.45, 2.75) is 71.1 Å². The van der Waals surface area contributed by atoms with E-state index in [0.29, 0.717) is 6.42 Å². The first-order chi connectivity index (χ1) is 9.87. The van der Waals surface area contributed by atoms with Crippen LogP contribution in [0.5, 0.6) is 0 Å². The van der Waals surface area contributed by atoms with Gasteiger partial charge in [-0.05, 0) is 6.42 Å². The Kier molecular flexibility index (Phi) is 17.0. The number of carbonyl (C=O) groups is 2. The van der Waals surface area contributed by atoms with Crippen molar-refractivity contribution < 1.29 is 75.0 Å². The molecule has 0 saturated carbocycles. The van der Waals surface area contributed by atoms with Crippen molar-refractivity contribution in [1.29, 1.82) is 0 Å². The fourth-order valence-corrected chi connectivity index (χ4v) is 2.74. The molecule has 0 aliphatic heterocycles. The van der Waals surface area contributed by atoms with E-state index in [1.165, 1.54) is 32.1 Å². The van der Waals surface area contributed by atoms with Gasteiger partial charge >= 0.3 is 67.5 Å². The Morgan fingerprint density at radius 3 is 1.86 bits per heavy atom. The van der Waals surface area contributed by atoms with Gasteiger partial charge in [-0.25, -0.2) is 0 Å². The maximum absolute atomic E-state index is 11.3. The Morgan fingerprint density at radius 2 is 1.41 bits per heavy atom. The van der Waals surface area contributed by atoms with Crippen LogP contribution in [-0.2, 0) is 23.9 Å². The first-order valence-corrected chi connectivity index (χ1v) is 9.18. The Hall–Kier alpha value is 0.526. The molecule has 8 heteroatoms. The van der Waals surface area contributed by atoms with Crippen molar-refractivity contribution in [2.75, 3.05) is 5.75 Å². The van der Waals surface area contributed by atoms with Crippen LogP contribution in [0, 0.1) is 0 Å². The van der Waals surface area contributed by atoms with E-state index in [2.05, 4.69) is 11.1 Å². The molecule has 2 N–H and O–H groups in total. The van der Waals surface area contributed by atoms with Gasteiger partial charge < -0.3 is 11.3 Å². The normalized spacial score (nSPS) is 10.8. The Morgan fingerprint density at radius 1 is 0.955 bits per heavy atom. The van der Waals surface area contributed by atoms with Crippen LogP contribution in [0.3, 0.4) is 0 Å². The van der Waals surface area contributed by atoms with Crippen molar-refractivity contribution in [2.24, 2.45) is 5.73 Å². The third kappa shape index (κ3) is 16.9. The van der Waals surface area contributed by atoms with E-state index >= 15 is 0 Å². The van der Waals surface area contributed by atoms with Crippen LogP contribution in [0.2, 0.25) is 0 Å². The molecule has 0 aromatic heterocycles. The first-order valence-electron chi connectivity index (χ1n) is 7.60. The van der Waals surface area contributed by atoms with Crippen molar-refractivity contribution >= 4 is 22.0 Å². The average Bonchev–Trinajstić information content (AvgIpc) is 2.34. The minimum absolute atomic E-state index is 0. The number of carbonyl (C=O) groups excluding carboxylic acids is 2. The number of primary amides is 1. The maximum Gasteiger partial charge on any atom is 1.00 e. The molecule has 0 aromatic rings. The zero-order valence-electron chi connectivity index (χ0n) is 14.8. The molecule has 0 atom stereocenters. The summed E-state index contributed by atoms with van der Waals surface area (Å²) in [5.74, 6) is -2.82. The fourth-order valence-electron chi connectivity index (χ4n) is 1.97. The Labute approximate surface area is 178 Å². The van der Waals surface area contributed by atoms with Gasteiger partial charge in [-0.1, -0.05) is 58.3 Å². The van der Waals surface area contributed by atoms with E-state index < -0.39 is 27.7 Å². The zero-order chi connectivity index (χ0) is 16.1. The molecule has 0 heterocycles. The second kappa shape index (κ2) is 15.1. The molecule has 0 aliphatic carbocycles. The number of rotatable bonds is 13. The summed E-state index contributed by atoms with van der Waals surface area (Å²) in [5, 5.41) is 0. The minimum atomic E-state index is -4.16. The number of amides is 1. The number of hydrogen-bond donors (Lipinski definition) is 1. The molecule has 22 heavy (non-hydrogen) atoms. The minimum Gasteiger partial charge on any atom is -1.00 e. The predicted molar refractivity (Wildman–Crippen MR) is 82.0 cm³/mol. The van der Waals surface area contributed by atoms with E-state index in [4.69, 9.17) is 5.73 Å². The molecule has 0 unspecified atom stereocenters. The molecule has 0 bridgehead atoms. The van der Waals surface area contributed by atoms with Crippen molar-refractivity contribution in [3.8, 4) is 0 Å². The van der Waals surface area contributed by atoms with Gasteiger partial charge in [-0.2, -0.15) is 8.42 Å². The molecule has 0 spiro atoms. The molecule has 126 valence electrons. The summed E-state index contributed by atoms with van der Waals surface area (Å²) >= 11 is 0. The van der Waals surface area contributed by atoms with Crippen LogP contribution in [0.1, 0.15) is 72.6 Å². The third-order valence-electron chi connectivity index (χ3n) is 3.02. The Bertz CT molecular complexity index is 417. The van der Waals surface area contributed by atoms with Crippen LogP contribution in [0.15, 0.2) is 0 Å². The summed E-state index contributed by atoms with van der Waals surface area (Å²) in [6.07, 6.45) is 9.95. The molecule has 0 rings (SSSR count). The molecular formula is C14H28KNO5S. The standard InChI is InChI=1S/C14H27NO5S.K.H/c1-2-3-4-5-6-7-8-9-10-11-14(17)20-21(18,19)12-13(15)16;;/h2-12H2,1H3,(H2,15,16);;/q;+1;-1. The van der Waals surface area contributed by atoms with Crippen LogP contribution in [0.25, 0.3) is 0 Å². The van der Waals surface area contributed by atoms with Crippen LogP contribution < -0.4 is 57.1 Å². The number of hydrogen-bond acceptors (Lipinski definition) is 5. The molecule has 6 nitrogen and oxygen atoms in total. The van der Waals surface area contributed by atoms with Gasteiger partial charge in [0.05, 0.1) is 0 Å². The van der Waals surface area contributed by atoms with E-state index in [1.54, 1.807) is 0 Å². The fraction of sp³-hybridized carbons (Fsp3) is 0.857. The van der Waals surface area contributed by atoms with Crippen LogP contribution in [0.4, 0.5) is 0 Å². The largest absolute Gasteiger partial charge is 1.00 e. The summed E-state index contributed by atoms with van der Waals surface area (Å²) < 4.78 is 26.6.